The second-order valence-corrected chi connectivity index (χ2v) is 6.80. The number of fused-ring (bicyclic) bond motifs is 1. The minimum atomic E-state index is -0.256. The Hall–Kier alpha value is -2.93. The predicted octanol–water partition coefficient (Wildman–Crippen LogP) is 1.66. The molecule has 7 heteroatoms. The van der Waals surface area contributed by atoms with Crippen molar-refractivity contribution in [3.05, 3.63) is 59.5 Å². The molecule has 1 saturated heterocycles. The molecule has 1 unspecified atom stereocenters. The van der Waals surface area contributed by atoms with Crippen LogP contribution in [-0.4, -0.2) is 53.2 Å². The van der Waals surface area contributed by atoms with Gasteiger partial charge in [0.2, 0.25) is 5.91 Å². The number of imide groups is 1. The number of nitrogens with one attached hydrogen (secondary N) is 1. The summed E-state index contributed by atoms with van der Waals surface area (Å²) < 4.78 is 5.23. The summed E-state index contributed by atoms with van der Waals surface area (Å²) in [5.41, 5.74) is 0.910. The van der Waals surface area contributed by atoms with E-state index >= 15 is 0 Å². The van der Waals surface area contributed by atoms with Gasteiger partial charge >= 0.3 is 0 Å². The molecule has 27 heavy (non-hydrogen) atoms. The molecule has 0 aliphatic carbocycles. The van der Waals surface area contributed by atoms with Crippen molar-refractivity contribution in [1.29, 1.82) is 0 Å². The fourth-order valence-electron chi connectivity index (χ4n) is 3.77. The normalized spacial score (nSPS) is 19.6. The molecule has 2 aliphatic rings. The van der Waals surface area contributed by atoms with Crippen molar-refractivity contribution in [2.45, 2.75) is 25.4 Å². The third-order valence-electron chi connectivity index (χ3n) is 5.17. The molecular formula is C20H21N3O4. The number of carbonyl (C=O) groups excluding carboxylic acids is 3. The molecule has 140 valence electrons. The molecule has 2 aliphatic heterocycles. The molecule has 7 nitrogen and oxygen atoms in total. The van der Waals surface area contributed by atoms with Crippen LogP contribution in [0.3, 0.4) is 0 Å². The lowest BCUT2D eigenvalue weighted by Gasteiger charge is -2.25. The summed E-state index contributed by atoms with van der Waals surface area (Å²) in [5, 5.41) is 2.89. The molecule has 1 fully saturated rings. The first-order valence-corrected chi connectivity index (χ1v) is 9.14. The van der Waals surface area contributed by atoms with Crippen molar-refractivity contribution in [1.82, 2.24) is 15.1 Å². The van der Waals surface area contributed by atoms with E-state index in [4.69, 9.17) is 4.42 Å². The minimum absolute atomic E-state index is 0.0498. The van der Waals surface area contributed by atoms with E-state index in [1.807, 2.05) is 11.0 Å². The van der Waals surface area contributed by atoms with Gasteiger partial charge in [-0.05, 0) is 43.7 Å². The van der Waals surface area contributed by atoms with Crippen LogP contribution >= 0.6 is 0 Å². The first-order chi connectivity index (χ1) is 13.1. The van der Waals surface area contributed by atoms with Gasteiger partial charge in [0.1, 0.15) is 5.76 Å². The van der Waals surface area contributed by atoms with E-state index in [0.29, 0.717) is 30.0 Å². The first kappa shape index (κ1) is 17.5. The second-order valence-electron chi connectivity index (χ2n) is 6.80. The van der Waals surface area contributed by atoms with Gasteiger partial charge in [-0.25, -0.2) is 0 Å². The number of benzene rings is 1. The summed E-state index contributed by atoms with van der Waals surface area (Å²) in [7, 11) is 0. The van der Waals surface area contributed by atoms with Crippen molar-refractivity contribution in [3.8, 4) is 0 Å². The number of carbonyl (C=O) groups is 3. The maximum atomic E-state index is 12.5. The van der Waals surface area contributed by atoms with Gasteiger partial charge in [0, 0.05) is 13.1 Å². The van der Waals surface area contributed by atoms with Gasteiger partial charge in [-0.1, -0.05) is 12.1 Å². The lowest BCUT2D eigenvalue weighted by atomic mass is 10.1. The van der Waals surface area contributed by atoms with Crippen LogP contribution in [0.25, 0.3) is 0 Å². The molecule has 1 N–H and O–H groups in total. The van der Waals surface area contributed by atoms with E-state index in [0.717, 1.165) is 19.4 Å². The van der Waals surface area contributed by atoms with Crippen LogP contribution in [0.5, 0.6) is 0 Å². The van der Waals surface area contributed by atoms with Crippen LogP contribution in [-0.2, 0) is 11.3 Å². The summed E-state index contributed by atoms with van der Waals surface area (Å²) in [6.07, 6.45) is 3.26. The van der Waals surface area contributed by atoms with E-state index in [9.17, 15) is 14.4 Å². The van der Waals surface area contributed by atoms with E-state index in [2.05, 4.69) is 5.32 Å². The van der Waals surface area contributed by atoms with Gasteiger partial charge in [-0.15, -0.1) is 0 Å². The fraction of sp³-hybridized carbons (Fsp3) is 0.350. The zero-order chi connectivity index (χ0) is 18.8. The Kier molecular flexibility index (Phi) is 4.77. The average Bonchev–Trinajstić information content (AvgIpc) is 3.41. The molecule has 2 aromatic rings. The Balaban J connectivity index is 1.34. The fourth-order valence-corrected chi connectivity index (χ4v) is 3.77. The van der Waals surface area contributed by atoms with Crippen molar-refractivity contribution in [2.24, 2.45) is 0 Å². The standard InChI is InChI=1S/C20H21N3O4/c24-18(21-13-14-5-4-12-27-14)17-8-3-9-22(17)10-11-23-19(25)15-6-1-2-7-16(15)20(23)26/h1-2,4-7,12,17H,3,8-11,13H2,(H,21,24). The number of hydrogen-bond acceptors (Lipinski definition) is 5. The topological polar surface area (TPSA) is 82.9 Å². The molecular weight excluding hydrogens is 346 g/mol. The molecule has 4 rings (SSSR count). The molecule has 3 amide bonds. The van der Waals surface area contributed by atoms with E-state index in [1.165, 1.54) is 4.90 Å². The van der Waals surface area contributed by atoms with Crippen LogP contribution in [0.4, 0.5) is 0 Å². The average molecular weight is 367 g/mol. The highest BCUT2D eigenvalue weighted by Crippen LogP contribution is 2.23. The third-order valence-corrected chi connectivity index (χ3v) is 5.17. The molecule has 1 atom stereocenters. The van der Waals surface area contributed by atoms with Gasteiger partial charge in [0.25, 0.3) is 11.8 Å². The zero-order valence-corrected chi connectivity index (χ0v) is 14.9. The highest BCUT2D eigenvalue weighted by Gasteiger charge is 2.36. The number of rotatable bonds is 6. The SMILES string of the molecule is O=C(NCc1ccco1)C1CCCN1CCN1C(=O)c2ccccc2C1=O. The van der Waals surface area contributed by atoms with Crippen molar-refractivity contribution in [3.63, 3.8) is 0 Å². The summed E-state index contributed by atoms with van der Waals surface area (Å²) in [6, 6.07) is 10.2. The molecule has 1 aromatic heterocycles. The van der Waals surface area contributed by atoms with Gasteiger partial charge in [-0.2, -0.15) is 0 Å². The van der Waals surface area contributed by atoms with Crippen molar-refractivity contribution >= 4 is 17.7 Å². The minimum Gasteiger partial charge on any atom is -0.467 e. The number of likely N-dealkylation sites (tertiary alicyclic amines) is 1. The largest absolute Gasteiger partial charge is 0.467 e. The molecule has 0 bridgehead atoms. The van der Waals surface area contributed by atoms with Gasteiger partial charge in [-0.3, -0.25) is 24.2 Å². The lowest BCUT2D eigenvalue weighted by molar-refractivity contribution is -0.125. The Bertz CT molecular complexity index is 827. The summed E-state index contributed by atoms with van der Waals surface area (Å²) in [6.45, 7) is 1.91. The third kappa shape index (κ3) is 3.38. The monoisotopic (exact) mass is 367 g/mol. The highest BCUT2D eigenvalue weighted by molar-refractivity contribution is 6.21. The van der Waals surface area contributed by atoms with Crippen LogP contribution in [0.15, 0.2) is 47.1 Å². The lowest BCUT2D eigenvalue weighted by Crippen LogP contribution is -2.46. The van der Waals surface area contributed by atoms with Crippen molar-refractivity contribution in [2.75, 3.05) is 19.6 Å². The van der Waals surface area contributed by atoms with Gasteiger partial charge in [0.05, 0.1) is 30.0 Å². The Morgan fingerprint density at radius 3 is 2.48 bits per heavy atom. The molecule has 3 heterocycles. The van der Waals surface area contributed by atoms with Crippen LogP contribution in [0.1, 0.15) is 39.3 Å². The summed E-state index contributed by atoms with van der Waals surface area (Å²) in [4.78, 5) is 40.7. The first-order valence-electron chi connectivity index (χ1n) is 9.14. The van der Waals surface area contributed by atoms with Crippen LogP contribution < -0.4 is 5.32 Å². The maximum Gasteiger partial charge on any atom is 0.261 e. The number of nitrogens with zero attached hydrogens (tertiary/aromatic N) is 2. The van der Waals surface area contributed by atoms with Crippen molar-refractivity contribution < 1.29 is 18.8 Å². The highest BCUT2D eigenvalue weighted by atomic mass is 16.3. The number of hydrogen-bond donors (Lipinski definition) is 1. The Labute approximate surface area is 156 Å². The summed E-state index contributed by atoms with van der Waals surface area (Å²) >= 11 is 0. The molecule has 0 radical (unpaired) electrons. The number of furan rings is 1. The van der Waals surface area contributed by atoms with E-state index in [-0.39, 0.29) is 30.3 Å². The quantitative estimate of drug-likeness (QED) is 0.785. The summed E-state index contributed by atoms with van der Waals surface area (Å²) in [5.74, 6) is 0.146. The Morgan fingerprint density at radius 2 is 1.81 bits per heavy atom. The zero-order valence-electron chi connectivity index (χ0n) is 14.9. The van der Waals surface area contributed by atoms with Crippen LogP contribution in [0, 0.1) is 0 Å². The predicted molar refractivity (Wildman–Crippen MR) is 97.0 cm³/mol. The molecule has 0 saturated carbocycles. The second kappa shape index (κ2) is 7.36. The van der Waals surface area contributed by atoms with Crippen LogP contribution in [0.2, 0.25) is 0 Å². The van der Waals surface area contributed by atoms with E-state index < -0.39 is 0 Å². The smallest absolute Gasteiger partial charge is 0.261 e. The number of amides is 3. The van der Waals surface area contributed by atoms with E-state index in [1.54, 1.807) is 36.6 Å². The van der Waals surface area contributed by atoms with Gasteiger partial charge < -0.3 is 9.73 Å². The Morgan fingerprint density at radius 1 is 1.07 bits per heavy atom. The molecule has 1 aromatic carbocycles. The van der Waals surface area contributed by atoms with Gasteiger partial charge in [0.15, 0.2) is 0 Å². The molecule has 0 spiro atoms. The maximum absolute atomic E-state index is 12.5.